The van der Waals surface area contributed by atoms with Gasteiger partial charge in [-0.05, 0) is 0 Å². The lowest BCUT2D eigenvalue weighted by Gasteiger charge is -1.91. The van der Waals surface area contributed by atoms with Crippen LogP contribution in [0, 0.1) is 0 Å². The van der Waals surface area contributed by atoms with Crippen LogP contribution in [0.2, 0.25) is 0 Å². The Morgan fingerprint density at radius 3 is 2.20 bits per heavy atom. The fraction of sp³-hybridized carbons (Fsp3) is 0.333. The number of aromatic nitrogens is 2. The Hall–Kier alpha value is -1.32. The monoisotopic (exact) mass is 140 g/mol. The number of hydrogen-bond acceptors (Lipinski definition) is 4. The molecule has 1 heterocycles. The van der Waals surface area contributed by atoms with Gasteiger partial charge in [-0.3, -0.25) is 0 Å². The Balaban J connectivity index is 0.000000371. The molecule has 1 rings (SSSR count). The van der Waals surface area contributed by atoms with Gasteiger partial charge in [0.05, 0.1) is 11.9 Å². The zero-order valence-corrected chi connectivity index (χ0v) is 6.20. The molecule has 1 aromatic rings. The fourth-order valence-electron chi connectivity index (χ4n) is 0.350. The summed E-state index contributed by atoms with van der Waals surface area (Å²) in [6.07, 6.45) is 2.81. The predicted octanol–water partition coefficient (Wildman–Crippen LogP) is 0.667. The summed E-state index contributed by atoms with van der Waals surface area (Å²) in [7, 11) is 0. The van der Waals surface area contributed by atoms with Crippen LogP contribution in [0.1, 0.15) is 13.8 Å². The van der Waals surface area contributed by atoms with Gasteiger partial charge in [0.2, 0.25) is 0 Å². The minimum atomic E-state index is 0.333. The molecule has 0 bridgehead atoms. The summed E-state index contributed by atoms with van der Waals surface area (Å²) in [5.74, 6) is 0.333. The first-order valence-corrected chi connectivity index (χ1v) is 3.11. The second kappa shape index (κ2) is 4.55. The standard InChI is InChI=1S/C4H6N4.C2H6/c5-3-1-7-2-8-4(3)6;1-2/h1-2H,5H2,(H2,6,7,8);1-2H3. The predicted molar refractivity (Wildman–Crippen MR) is 42.2 cm³/mol. The van der Waals surface area contributed by atoms with Crippen molar-refractivity contribution >= 4 is 11.5 Å². The molecule has 0 unspecified atom stereocenters. The van der Waals surface area contributed by atoms with Crippen LogP contribution in [0.3, 0.4) is 0 Å². The summed E-state index contributed by atoms with van der Waals surface area (Å²) in [6.45, 7) is 4.00. The summed E-state index contributed by atoms with van der Waals surface area (Å²) in [6, 6.07) is 0. The van der Waals surface area contributed by atoms with Crippen molar-refractivity contribution in [1.82, 2.24) is 9.97 Å². The van der Waals surface area contributed by atoms with Crippen LogP contribution in [0.15, 0.2) is 12.5 Å². The highest BCUT2D eigenvalue weighted by atomic mass is 14.9. The van der Waals surface area contributed by atoms with Gasteiger partial charge in [-0.1, -0.05) is 13.8 Å². The molecule has 0 saturated heterocycles. The second-order valence-corrected chi connectivity index (χ2v) is 1.36. The first-order valence-electron chi connectivity index (χ1n) is 3.11. The molecule has 0 aromatic carbocycles. The van der Waals surface area contributed by atoms with Crippen molar-refractivity contribution < 1.29 is 0 Å². The van der Waals surface area contributed by atoms with Gasteiger partial charge >= 0.3 is 0 Å². The Kier molecular flexibility index (Phi) is 3.95. The van der Waals surface area contributed by atoms with Gasteiger partial charge in [0.25, 0.3) is 0 Å². The van der Waals surface area contributed by atoms with E-state index in [1.54, 1.807) is 0 Å². The molecule has 0 atom stereocenters. The van der Waals surface area contributed by atoms with E-state index in [2.05, 4.69) is 9.97 Å². The zero-order chi connectivity index (χ0) is 7.98. The number of anilines is 2. The van der Waals surface area contributed by atoms with Gasteiger partial charge in [0.15, 0.2) is 0 Å². The van der Waals surface area contributed by atoms with Crippen molar-refractivity contribution in [3.63, 3.8) is 0 Å². The van der Waals surface area contributed by atoms with E-state index in [9.17, 15) is 0 Å². The van der Waals surface area contributed by atoms with Crippen molar-refractivity contribution in [2.75, 3.05) is 11.5 Å². The number of rotatable bonds is 0. The normalized spacial score (nSPS) is 7.80. The molecule has 0 spiro atoms. The topological polar surface area (TPSA) is 77.8 Å². The SMILES string of the molecule is CC.Nc1cncnc1N. The van der Waals surface area contributed by atoms with Crippen LogP contribution in [0.25, 0.3) is 0 Å². The largest absolute Gasteiger partial charge is 0.394 e. The summed E-state index contributed by atoms with van der Waals surface area (Å²) in [5, 5.41) is 0. The Morgan fingerprint density at radius 1 is 1.30 bits per heavy atom. The molecule has 56 valence electrons. The molecule has 0 aliphatic rings. The third-order valence-corrected chi connectivity index (χ3v) is 0.773. The van der Waals surface area contributed by atoms with E-state index in [1.807, 2.05) is 13.8 Å². The lowest BCUT2D eigenvalue weighted by atomic mass is 10.5. The maximum absolute atomic E-state index is 5.27. The molecule has 4 N–H and O–H groups in total. The molecule has 4 nitrogen and oxygen atoms in total. The third-order valence-electron chi connectivity index (χ3n) is 0.773. The summed E-state index contributed by atoms with van der Waals surface area (Å²) < 4.78 is 0. The average molecular weight is 140 g/mol. The lowest BCUT2D eigenvalue weighted by molar-refractivity contribution is 1.18. The van der Waals surface area contributed by atoms with E-state index in [4.69, 9.17) is 11.5 Å². The molecule has 0 aliphatic carbocycles. The van der Waals surface area contributed by atoms with Gasteiger partial charge < -0.3 is 11.5 Å². The van der Waals surface area contributed by atoms with E-state index in [1.165, 1.54) is 12.5 Å². The molecule has 0 aliphatic heterocycles. The van der Waals surface area contributed by atoms with Crippen LogP contribution < -0.4 is 11.5 Å². The van der Waals surface area contributed by atoms with Gasteiger partial charge in [0.1, 0.15) is 12.1 Å². The van der Waals surface area contributed by atoms with Gasteiger partial charge in [-0.15, -0.1) is 0 Å². The lowest BCUT2D eigenvalue weighted by Crippen LogP contribution is -1.97. The number of nitrogens with zero attached hydrogens (tertiary/aromatic N) is 2. The molecule has 10 heavy (non-hydrogen) atoms. The fourth-order valence-corrected chi connectivity index (χ4v) is 0.350. The first kappa shape index (κ1) is 8.68. The highest BCUT2D eigenvalue weighted by Crippen LogP contribution is 2.03. The summed E-state index contributed by atoms with van der Waals surface area (Å²) >= 11 is 0. The minimum absolute atomic E-state index is 0.333. The average Bonchev–Trinajstić information content (AvgIpc) is 2.00. The zero-order valence-electron chi connectivity index (χ0n) is 6.20. The van der Waals surface area contributed by atoms with E-state index in [-0.39, 0.29) is 0 Å². The maximum Gasteiger partial charge on any atom is 0.150 e. The van der Waals surface area contributed by atoms with Gasteiger partial charge in [0, 0.05) is 0 Å². The molecule has 0 fully saturated rings. The van der Waals surface area contributed by atoms with Crippen molar-refractivity contribution in [3.05, 3.63) is 12.5 Å². The second-order valence-electron chi connectivity index (χ2n) is 1.36. The minimum Gasteiger partial charge on any atom is -0.394 e. The molecule has 0 radical (unpaired) electrons. The molecule has 0 amide bonds. The van der Waals surface area contributed by atoms with Crippen LogP contribution >= 0.6 is 0 Å². The van der Waals surface area contributed by atoms with E-state index in [0.29, 0.717) is 11.5 Å². The smallest absolute Gasteiger partial charge is 0.150 e. The van der Waals surface area contributed by atoms with Crippen molar-refractivity contribution in [1.29, 1.82) is 0 Å². The van der Waals surface area contributed by atoms with Gasteiger partial charge in [-0.2, -0.15) is 0 Å². The Labute approximate surface area is 60.3 Å². The molecule has 4 heteroatoms. The highest BCUT2D eigenvalue weighted by molar-refractivity contribution is 5.55. The van der Waals surface area contributed by atoms with E-state index >= 15 is 0 Å². The van der Waals surface area contributed by atoms with E-state index in [0.717, 1.165) is 0 Å². The Morgan fingerprint density at radius 2 is 1.90 bits per heavy atom. The van der Waals surface area contributed by atoms with Crippen LogP contribution in [0.4, 0.5) is 11.5 Å². The number of nitrogen functional groups attached to an aromatic ring is 2. The molecule has 0 saturated carbocycles. The van der Waals surface area contributed by atoms with Crippen molar-refractivity contribution in [2.24, 2.45) is 0 Å². The van der Waals surface area contributed by atoms with Crippen molar-refractivity contribution in [3.8, 4) is 0 Å². The number of nitrogens with two attached hydrogens (primary N) is 2. The van der Waals surface area contributed by atoms with Crippen LogP contribution in [-0.2, 0) is 0 Å². The first-order chi connectivity index (χ1) is 4.80. The summed E-state index contributed by atoms with van der Waals surface area (Å²) in [4.78, 5) is 7.25. The third kappa shape index (κ3) is 2.30. The Bertz CT molecular complexity index is 166. The van der Waals surface area contributed by atoms with E-state index < -0.39 is 0 Å². The van der Waals surface area contributed by atoms with Crippen molar-refractivity contribution in [2.45, 2.75) is 13.8 Å². The maximum atomic E-state index is 5.27. The van der Waals surface area contributed by atoms with Gasteiger partial charge in [-0.25, -0.2) is 9.97 Å². The summed E-state index contributed by atoms with van der Waals surface area (Å²) in [5.41, 5.74) is 10.9. The number of hydrogen-bond donors (Lipinski definition) is 2. The highest BCUT2D eigenvalue weighted by Gasteiger charge is 1.88. The van der Waals surface area contributed by atoms with Crippen LogP contribution in [0.5, 0.6) is 0 Å². The van der Waals surface area contributed by atoms with Crippen LogP contribution in [-0.4, -0.2) is 9.97 Å². The molecular weight excluding hydrogens is 128 g/mol. The molecular formula is C6H12N4. The quantitative estimate of drug-likeness (QED) is 0.555. The molecule has 1 aromatic heterocycles.